The monoisotopic (exact) mass is 260 g/mol. The van der Waals surface area contributed by atoms with Crippen LogP contribution in [0.2, 0.25) is 0 Å². The molecular formula is C15H20N2O2. The summed E-state index contributed by atoms with van der Waals surface area (Å²) in [6.07, 6.45) is 0. The normalized spacial score (nSPS) is 23.0. The standard InChI is InChI=1S/C15H20N2O2/c1-15(2,3)11-9-16-13(18)12(11)14(19)17-10-7-5-4-6-8-10/h4-8,11-12H,9H2,1-3H3,(H,16,18)(H,17,19). The molecule has 2 atom stereocenters. The van der Waals surface area contributed by atoms with Gasteiger partial charge in [0.15, 0.2) is 0 Å². The Labute approximate surface area is 113 Å². The highest BCUT2D eigenvalue weighted by molar-refractivity contribution is 6.07. The largest absolute Gasteiger partial charge is 0.355 e. The summed E-state index contributed by atoms with van der Waals surface area (Å²) in [6.45, 7) is 6.73. The summed E-state index contributed by atoms with van der Waals surface area (Å²) in [5.41, 5.74) is 0.637. The Morgan fingerprint density at radius 1 is 1.26 bits per heavy atom. The number of para-hydroxylation sites is 1. The lowest BCUT2D eigenvalue weighted by molar-refractivity contribution is -0.132. The van der Waals surface area contributed by atoms with Crippen LogP contribution in [0.15, 0.2) is 30.3 Å². The van der Waals surface area contributed by atoms with Crippen LogP contribution < -0.4 is 10.6 Å². The SMILES string of the molecule is CC(C)(C)C1CNC(=O)C1C(=O)Nc1ccccc1. The van der Waals surface area contributed by atoms with E-state index in [0.717, 1.165) is 5.69 Å². The van der Waals surface area contributed by atoms with Crippen LogP contribution in [0.1, 0.15) is 20.8 Å². The van der Waals surface area contributed by atoms with Gasteiger partial charge in [-0.3, -0.25) is 9.59 Å². The Hall–Kier alpha value is -1.84. The second-order valence-corrected chi connectivity index (χ2v) is 6.05. The fourth-order valence-corrected chi connectivity index (χ4v) is 2.47. The first kappa shape index (κ1) is 13.6. The molecule has 4 heteroatoms. The Morgan fingerprint density at radius 2 is 1.89 bits per heavy atom. The Bertz CT molecular complexity index is 477. The van der Waals surface area contributed by atoms with Gasteiger partial charge in [0.25, 0.3) is 0 Å². The van der Waals surface area contributed by atoms with Crippen LogP contribution in [0.3, 0.4) is 0 Å². The van der Waals surface area contributed by atoms with Crippen molar-refractivity contribution >= 4 is 17.5 Å². The van der Waals surface area contributed by atoms with E-state index >= 15 is 0 Å². The topological polar surface area (TPSA) is 58.2 Å². The summed E-state index contributed by atoms with van der Waals surface area (Å²) in [7, 11) is 0. The third-order valence-electron chi connectivity index (χ3n) is 3.62. The first-order valence-corrected chi connectivity index (χ1v) is 6.53. The van der Waals surface area contributed by atoms with E-state index in [0.29, 0.717) is 6.54 Å². The molecule has 1 aromatic carbocycles. The highest BCUT2D eigenvalue weighted by Gasteiger charge is 2.45. The predicted molar refractivity (Wildman–Crippen MR) is 74.5 cm³/mol. The van der Waals surface area contributed by atoms with Crippen molar-refractivity contribution in [3.63, 3.8) is 0 Å². The van der Waals surface area contributed by atoms with Gasteiger partial charge in [-0.15, -0.1) is 0 Å². The van der Waals surface area contributed by atoms with E-state index in [-0.39, 0.29) is 23.1 Å². The molecule has 1 aliphatic heterocycles. The van der Waals surface area contributed by atoms with Crippen molar-refractivity contribution in [2.75, 3.05) is 11.9 Å². The highest BCUT2D eigenvalue weighted by Crippen LogP contribution is 2.35. The van der Waals surface area contributed by atoms with Crippen LogP contribution in [-0.2, 0) is 9.59 Å². The van der Waals surface area contributed by atoms with E-state index in [1.807, 2.05) is 30.3 Å². The zero-order valence-corrected chi connectivity index (χ0v) is 11.6. The Kier molecular flexibility index (Phi) is 3.60. The summed E-state index contributed by atoms with van der Waals surface area (Å²) in [4.78, 5) is 24.2. The molecule has 1 saturated heterocycles. The third kappa shape index (κ3) is 2.95. The van der Waals surface area contributed by atoms with Crippen molar-refractivity contribution in [1.82, 2.24) is 5.32 Å². The molecule has 19 heavy (non-hydrogen) atoms. The second kappa shape index (κ2) is 5.03. The van der Waals surface area contributed by atoms with Gasteiger partial charge in [-0.2, -0.15) is 0 Å². The molecule has 1 heterocycles. The number of carbonyl (C=O) groups excluding carboxylic acids is 2. The molecule has 1 aliphatic rings. The van der Waals surface area contributed by atoms with Gasteiger partial charge >= 0.3 is 0 Å². The molecule has 1 aromatic rings. The maximum atomic E-state index is 12.3. The lowest BCUT2D eigenvalue weighted by atomic mass is 9.74. The van der Waals surface area contributed by atoms with Gasteiger partial charge in [-0.25, -0.2) is 0 Å². The lowest BCUT2D eigenvalue weighted by Gasteiger charge is -2.29. The quantitative estimate of drug-likeness (QED) is 0.799. The number of carbonyl (C=O) groups is 2. The van der Waals surface area contributed by atoms with E-state index in [1.54, 1.807) is 0 Å². The van der Waals surface area contributed by atoms with Gasteiger partial charge in [0.1, 0.15) is 5.92 Å². The molecule has 0 aliphatic carbocycles. The smallest absolute Gasteiger partial charge is 0.237 e. The number of amides is 2. The van der Waals surface area contributed by atoms with Crippen molar-refractivity contribution < 1.29 is 9.59 Å². The molecular weight excluding hydrogens is 240 g/mol. The van der Waals surface area contributed by atoms with Gasteiger partial charge in [-0.1, -0.05) is 39.0 Å². The van der Waals surface area contributed by atoms with E-state index in [9.17, 15) is 9.59 Å². The molecule has 0 spiro atoms. The molecule has 1 fully saturated rings. The molecule has 2 unspecified atom stereocenters. The molecule has 102 valence electrons. The average molecular weight is 260 g/mol. The minimum atomic E-state index is -0.611. The van der Waals surface area contributed by atoms with Crippen molar-refractivity contribution in [2.24, 2.45) is 17.3 Å². The zero-order chi connectivity index (χ0) is 14.0. The zero-order valence-electron chi connectivity index (χ0n) is 11.6. The van der Waals surface area contributed by atoms with E-state index < -0.39 is 5.92 Å². The number of hydrogen-bond donors (Lipinski definition) is 2. The average Bonchev–Trinajstić information content (AvgIpc) is 2.72. The van der Waals surface area contributed by atoms with Crippen molar-refractivity contribution in [3.8, 4) is 0 Å². The molecule has 0 aromatic heterocycles. The van der Waals surface area contributed by atoms with E-state index in [4.69, 9.17) is 0 Å². The number of anilines is 1. The summed E-state index contributed by atoms with van der Waals surface area (Å²) >= 11 is 0. The number of benzene rings is 1. The summed E-state index contributed by atoms with van der Waals surface area (Å²) < 4.78 is 0. The van der Waals surface area contributed by atoms with Crippen LogP contribution in [0.25, 0.3) is 0 Å². The Balaban J connectivity index is 2.15. The van der Waals surface area contributed by atoms with Crippen LogP contribution in [0.4, 0.5) is 5.69 Å². The van der Waals surface area contributed by atoms with Crippen molar-refractivity contribution in [1.29, 1.82) is 0 Å². The number of nitrogens with one attached hydrogen (secondary N) is 2. The maximum Gasteiger partial charge on any atom is 0.237 e. The van der Waals surface area contributed by atoms with Gasteiger partial charge in [0, 0.05) is 18.2 Å². The third-order valence-corrected chi connectivity index (χ3v) is 3.62. The molecule has 0 saturated carbocycles. The molecule has 0 bridgehead atoms. The summed E-state index contributed by atoms with van der Waals surface area (Å²) in [5, 5.41) is 5.61. The fourth-order valence-electron chi connectivity index (χ4n) is 2.47. The van der Waals surface area contributed by atoms with Crippen LogP contribution >= 0.6 is 0 Å². The van der Waals surface area contributed by atoms with Crippen molar-refractivity contribution in [3.05, 3.63) is 30.3 Å². The van der Waals surface area contributed by atoms with Crippen LogP contribution in [0, 0.1) is 17.3 Å². The number of hydrogen-bond acceptors (Lipinski definition) is 2. The lowest BCUT2D eigenvalue weighted by Crippen LogP contribution is -2.37. The highest BCUT2D eigenvalue weighted by atomic mass is 16.2. The van der Waals surface area contributed by atoms with Gasteiger partial charge in [0.2, 0.25) is 11.8 Å². The second-order valence-electron chi connectivity index (χ2n) is 6.05. The van der Waals surface area contributed by atoms with Crippen molar-refractivity contribution in [2.45, 2.75) is 20.8 Å². The first-order valence-electron chi connectivity index (χ1n) is 6.53. The van der Waals surface area contributed by atoms with Gasteiger partial charge < -0.3 is 10.6 Å². The molecule has 0 radical (unpaired) electrons. The molecule has 2 rings (SSSR count). The summed E-state index contributed by atoms with van der Waals surface area (Å²) in [6, 6.07) is 9.22. The van der Waals surface area contributed by atoms with Crippen LogP contribution in [-0.4, -0.2) is 18.4 Å². The first-order chi connectivity index (χ1) is 8.89. The van der Waals surface area contributed by atoms with E-state index in [2.05, 4.69) is 31.4 Å². The predicted octanol–water partition coefficient (Wildman–Crippen LogP) is 2.03. The summed E-state index contributed by atoms with van der Waals surface area (Å²) in [5.74, 6) is -0.988. The maximum absolute atomic E-state index is 12.3. The van der Waals surface area contributed by atoms with E-state index in [1.165, 1.54) is 0 Å². The minimum absolute atomic E-state index is 0.0173. The van der Waals surface area contributed by atoms with Gasteiger partial charge in [0.05, 0.1) is 0 Å². The van der Waals surface area contributed by atoms with Gasteiger partial charge in [-0.05, 0) is 17.5 Å². The number of rotatable bonds is 2. The van der Waals surface area contributed by atoms with Crippen LogP contribution in [0.5, 0.6) is 0 Å². The molecule has 4 nitrogen and oxygen atoms in total. The minimum Gasteiger partial charge on any atom is -0.355 e. The Morgan fingerprint density at radius 3 is 2.47 bits per heavy atom. The fraction of sp³-hybridized carbons (Fsp3) is 0.467. The molecule has 2 N–H and O–H groups in total. The molecule has 2 amide bonds.